The van der Waals surface area contributed by atoms with Gasteiger partial charge < -0.3 is 4.74 Å². The molecule has 4 aliphatic rings. The highest BCUT2D eigenvalue weighted by atomic mass is 16.5. The molecule has 3 fully saturated rings. The van der Waals surface area contributed by atoms with E-state index in [1.807, 2.05) is 13.0 Å². The number of carbonyl (C=O) groups is 2. The van der Waals surface area contributed by atoms with Gasteiger partial charge in [-0.1, -0.05) is 32.4 Å². The van der Waals surface area contributed by atoms with Crippen molar-refractivity contribution in [1.82, 2.24) is 0 Å². The Labute approximate surface area is 150 Å². The molecule has 0 heterocycles. The molecular weight excluding hydrogens is 312 g/mol. The van der Waals surface area contributed by atoms with Crippen LogP contribution in [0.2, 0.25) is 0 Å². The van der Waals surface area contributed by atoms with Crippen molar-refractivity contribution in [3.8, 4) is 0 Å². The molecule has 0 N–H and O–H groups in total. The lowest BCUT2D eigenvalue weighted by Crippen LogP contribution is -2.48. The average molecular weight is 342 g/mol. The van der Waals surface area contributed by atoms with Gasteiger partial charge in [0.2, 0.25) is 0 Å². The summed E-state index contributed by atoms with van der Waals surface area (Å²) in [6, 6.07) is 0. The van der Waals surface area contributed by atoms with E-state index in [2.05, 4.69) is 19.9 Å². The number of ether oxygens (including phenoxy) is 1. The van der Waals surface area contributed by atoms with Crippen molar-refractivity contribution in [2.45, 2.75) is 71.8 Å². The van der Waals surface area contributed by atoms with E-state index in [0.717, 1.165) is 19.3 Å². The van der Waals surface area contributed by atoms with Gasteiger partial charge in [-0.15, -0.1) is 0 Å². The van der Waals surface area contributed by atoms with Gasteiger partial charge in [-0.05, 0) is 73.8 Å². The molecule has 0 aromatic carbocycles. The Hall–Kier alpha value is -1.38. The summed E-state index contributed by atoms with van der Waals surface area (Å²) in [5.41, 5.74) is 1.71. The van der Waals surface area contributed by atoms with E-state index < -0.39 is 0 Å². The van der Waals surface area contributed by atoms with Crippen LogP contribution < -0.4 is 0 Å². The third-order valence-electron chi connectivity index (χ3n) is 7.87. The van der Waals surface area contributed by atoms with Crippen LogP contribution in [0.4, 0.5) is 0 Å². The molecule has 3 saturated carbocycles. The number of rotatable bonds is 2. The number of fused-ring (bicyclic) bond motifs is 5. The van der Waals surface area contributed by atoms with E-state index in [4.69, 9.17) is 4.74 Å². The zero-order valence-corrected chi connectivity index (χ0v) is 15.7. The summed E-state index contributed by atoms with van der Waals surface area (Å²) in [6.07, 6.45) is 13.1. The molecule has 0 aromatic heterocycles. The molecule has 0 spiro atoms. The van der Waals surface area contributed by atoms with Gasteiger partial charge in [-0.2, -0.15) is 0 Å². The average Bonchev–Trinajstić information content (AvgIpc) is 2.91. The lowest BCUT2D eigenvalue weighted by Gasteiger charge is -2.56. The van der Waals surface area contributed by atoms with Crippen LogP contribution in [0.3, 0.4) is 0 Å². The highest BCUT2D eigenvalue weighted by Gasteiger charge is 2.57. The van der Waals surface area contributed by atoms with Gasteiger partial charge in [0.15, 0.2) is 5.78 Å². The molecule has 0 bridgehead atoms. The van der Waals surface area contributed by atoms with Gasteiger partial charge in [-0.25, -0.2) is 0 Å². The Morgan fingerprint density at radius 3 is 2.84 bits per heavy atom. The smallest absolute Gasteiger partial charge is 0.305 e. The molecule has 25 heavy (non-hydrogen) atoms. The molecule has 6 atom stereocenters. The van der Waals surface area contributed by atoms with Crippen molar-refractivity contribution in [1.29, 1.82) is 0 Å². The summed E-state index contributed by atoms with van der Waals surface area (Å²) in [4.78, 5) is 23.6. The Balaban J connectivity index is 1.58. The van der Waals surface area contributed by atoms with Crippen LogP contribution in [0.25, 0.3) is 0 Å². The van der Waals surface area contributed by atoms with Gasteiger partial charge in [0.25, 0.3) is 0 Å². The highest BCUT2D eigenvalue weighted by Crippen LogP contribution is 2.64. The normalized spacial score (nSPS) is 45.2. The first-order valence-corrected chi connectivity index (χ1v) is 9.99. The van der Waals surface area contributed by atoms with Crippen LogP contribution >= 0.6 is 0 Å². The Morgan fingerprint density at radius 2 is 2.08 bits per heavy atom. The monoisotopic (exact) mass is 342 g/mol. The molecule has 0 saturated heterocycles. The minimum atomic E-state index is -0.0571. The first-order chi connectivity index (χ1) is 11.9. The maximum absolute atomic E-state index is 11.8. The van der Waals surface area contributed by atoms with E-state index in [-0.39, 0.29) is 23.3 Å². The first-order valence-electron chi connectivity index (χ1n) is 9.99. The van der Waals surface area contributed by atoms with Crippen LogP contribution in [-0.2, 0) is 14.3 Å². The standard InChI is InChI=1S/C22H30O3/c1-4-20(24)25-16-12-19-17-6-5-14-11-15(23)7-10-22(14,3)18(17)8-9-21(19,2)13-16/h7,10-11,16-19H,4-6,8-9,12-13H2,1-3H3/t16-,17+,18-,19-,21+,22+/m1/s1. The summed E-state index contributed by atoms with van der Waals surface area (Å²) in [6.45, 7) is 6.63. The Bertz CT molecular complexity index is 660. The number of allylic oxidation sites excluding steroid dienone is 4. The molecular formula is C22H30O3. The van der Waals surface area contributed by atoms with Crippen molar-refractivity contribution in [3.05, 3.63) is 23.8 Å². The van der Waals surface area contributed by atoms with Crippen LogP contribution in [0.5, 0.6) is 0 Å². The predicted molar refractivity (Wildman–Crippen MR) is 96.8 cm³/mol. The van der Waals surface area contributed by atoms with Gasteiger partial charge >= 0.3 is 5.97 Å². The lowest BCUT2D eigenvalue weighted by molar-refractivity contribution is -0.148. The van der Waals surface area contributed by atoms with Gasteiger partial charge in [0.1, 0.15) is 6.10 Å². The number of hydrogen-bond donors (Lipinski definition) is 0. The summed E-state index contributed by atoms with van der Waals surface area (Å²) in [5.74, 6) is 2.04. The summed E-state index contributed by atoms with van der Waals surface area (Å²) >= 11 is 0. The van der Waals surface area contributed by atoms with E-state index in [0.29, 0.717) is 29.6 Å². The Kier molecular flexibility index (Phi) is 3.97. The van der Waals surface area contributed by atoms with Crippen molar-refractivity contribution in [2.75, 3.05) is 0 Å². The number of hydrogen-bond acceptors (Lipinski definition) is 3. The fourth-order valence-electron chi connectivity index (χ4n) is 6.55. The zero-order valence-electron chi connectivity index (χ0n) is 15.7. The minimum absolute atomic E-state index is 0.0519. The van der Waals surface area contributed by atoms with Crippen LogP contribution in [0, 0.1) is 28.6 Å². The van der Waals surface area contributed by atoms with E-state index in [9.17, 15) is 9.59 Å². The van der Waals surface area contributed by atoms with E-state index in [1.54, 1.807) is 6.08 Å². The summed E-state index contributed by atoms with van der Waals surface area (Å²) < 4.78 is 5.73. The Morgan fingerprint density at radius 1 is 1.28 bits per heavy atom. The third-order valence-corrected chi connectivity index (χ3v) is 7.87. The number of carbonyl (C=O) groups excluding carboxylic acids is 2. The SMILES string of the molecule is CCC(=O)O[C@@H]1C[C@@H]2[C@H]3CCC4=CC(=O)C=C[C@]4(C)[C@@H]3CC[C@@]2(C)C1. The van der Waals surface area contributed by atoms with E-state index in [1.165, 1.54) is 24.8 Å². The largest absolute Gasteiger partial charge is 0.462 e. The highest BCUT2D eigenvalue weighted by molar-refractivity contribution is 6.01. The third kappa shape index (κ3) is 2.62. The second-order valence-corrected chi connectivity index (χ2v) is 9.20. The molecule has 0 aliphatic heterocycles. The zero-order chi connectivity index (χ0) is 17.8. The number of ketones is 1. The molecule has 4 rings (SSSR count). The van der Waals surface area contributed by atoms with Crippen molar-refractivity contribution in [2.24, 2.45) is 28.6 Å². The van der Waals surface area contributed by atoms with Gasteiger partial charge in [-0.3, -0.25) is 9.59 Å². The van der Waals surface area contributed by atoms with Gasteiger partial charge in [0.05, 0.1) is 0 Å². The van der Waals surface area contributed by atoms with Gasteiger partial charge in [0, 0.05) is 11.8 Å². The van der Waals surface area contributed by atoms with Crippen LogP contribution in [0.1, 0.15) is 65.7 Å². The molecule has 0 radical (unpaired) electrons. The quantitative estimate of drug-likeness (QED) is 0.688. The number of esters is 1. The summed E-state index contributed by atoms with van der Waals surface area (Å²) in [5, 5.41) is 0. The summed E-state index contributed by atoms with van der Waals surface area (Å²) in [7, 11) is 0. The van der Waals surface area contributed by atoms with Crippen molar-refractivity contribution in [3.63, 3.8) is 0 Å². The second kappa shape index (κ2) is 5.82. The molecule has 136 valence electrons. The lowest BCUT2D eigenvalue weighted by atomic mass is 9.48. The van der Waals surface area contributed by atoms with Crippen LogP contribution in [-0.4, -0.2) is 17.9 Å². The predicted octanol–water partition coefficient (Wildman–Crippen LogP) is 4.62. The van der Waals surface area contributed by atoms with Crippen LogP contribution in [0.15, 0.2) is 23.8 Å². The second-order valence-electron chi connectivity index (χ2n) is 9.20. The minimum Gasteiger partial charge on any atom is -0.462 e. The topological polar surface area (TPSA) is 43.4 Å². The maximum Gasteiger partial charge on any atom is 0.305 e. The van der Waals surface area contributed by atoms with Crippen molar-refractivity contribution >= 4 is 11.8 Å². The molecule has 4 aliphatic carbocycles. The van der Waals surface area contributed by atoms with Crippen molar-refractivity contribution < 1.29 is 14.3 Å². The maximum atomic E-state index is 11.8. The molecule has 0 aromatic rings. The molecule has 3 nitrogen and oxygen atoms in total. The molecule has 3 heteroatoms. The molecule has 0 unspecified atom stereocenters. The molecule has 0 amide bonds. The fourth-order valence-corrected chi connectivity index (χ4v) is 6.55. The fraction of sp³-hybridized carbons (Fsp3) is 0.727. The van der Waals surface area contributed by atoms with E-state index >= 15 is 0 Å². The first kappa shape index (κ1) is 17.1.